The van der Waals surface area contributed by atoms with Crippen LogP contribution in [0.1, 0.15) is 43.7 Å². The lowest BCUT2D eigenvalue weighted by Gasteiger charge is -2.22. The molecule has 1 heterocycles. The second-order valence-corrected chi connectivity index (χ2v) is 5.43. The lowest BCUT2D eigenvalue weighted by atomic mass is 10.1. The molecule has 1 aromatic carbocycles. The summed E-state index contributed by atoms with van der Waals surface area (Å²) in [5.41, 5.74) is 0.679. The molecule has 1 aromatic heterocycles. The molecule has 108 valence electrons. The first-order valence-electron chi connectivity index (χ1n) is 6.42. The Kier molecular flexibility index (Phi) is 5.02. The van der Waals surface area contributed by atoms with Crippen molar-refractivity contribution >= 4 is 23.2 Å². The molecule has 2 N–H and O–H groups in total. The first kappa shape index (κ1) is 15.3. The zero-order valence-electron chi connectivity index (χ0n) is 11.3. The van der Waals surface area contributed by atoms with Crippen molar-refractivity contribution < 1.29 is 4.39 Å². The first-order chi connectivity index (χ1) is 9.52. The van der Waals surface area contributed by atoms with Crippen LogP contribution in [0.5, 0.6) is 0 Å². The van der Waals surface area contributed by atoms with Gasteiger partial charge in [0.2, 0.25) is 0 Å². The van der Waals surface area contributed by atoms with Gasteiger partial charge in [0.1, 0.15) is 11.6 Å². The zero-order chi connectivity index (χ0) is 14.7. The fourth-order valence-electron chi connectivity index (χ4n) is 2.12. The number of halogens is 3. The topological polar surface area (TPSA) is 40.7 Å². The number of aromatic nitrogens is 2. The third-order valence-corrected chi connectivity index (χ3v) is 3.83. The Hall–Kier alpha value is -1.10. The van der Waals surface area contributed by atoms with Gasteiger partial charge >= 0.3 is 0 Å². The van der Waals surface area contributed by atoms with Crippen LogP contribution < -0.4 is 5.32 Å². The molecule has 2 unspecified atom stereocenters. The van der Waals surface area contributed by atoms with Crippen LogP contribution in [0.25, 0.3) is 0 Å². The smallest absolute Gasteiger partial charge is 0.142 e. The van der Waals surface area contributed by atoms with Gasteiger partial charge in [-0.25, -0.2) is 9.37 Å². The number of hydrogen-bond acceptors (Lipinski definition) is 2. The molecule has 0 radical (unpaired) electrons. The quantitative estimate of drug-likeness (QED) is 0.788. The Morgan fingerprint density at radius 2 is 2.10 bits per heavy atom. The van der Waals surface area contributed by atoms with Gasteiger partial charge in [0.15, 0.2) is 0 Å². The highest BCUT2D eigenvalue weighted by Gasteiger charge is 2.18. The van der Waals surface area contributed by atoms with Crippen LogP contribution in [0, 0.1) is 5.82 Å². The van der Waals surface area contributed by atoms with E-state index in [9.17, 15) is 4.39 Å². The van der Waals surface area contributed by atoms with Crippen LogP contribution in [0.4, 0.5) is 4.39 Å². The van der Waals surface area contributed by atoms with Gasteiger partial charge in [0, 0.05) is 23.5 Å². The van der Waals surface area contributed by atoms with Gasteiger partial charge in [-0.3, -0.25) is 0 Å². The number of aromatic amines is 1. The van der Waals surface area contributed by atoms with E-state index in [1.807, 2.05) is 6.92 Å². The second kappa shape index (κ2) is 6.57. The van der Waals surface area contributed by atoms with E-state index in [4.69, 9.17) is 23.2 Å². The minimum atomic E-state index is -0.467. The molecule has 6 heteroatoms. The summed E-state index contributed by atoms with van der Waals surface area (Å²) in [6.07, 6.45) is 4.34. The van der Waals surface area contributed by atoms with Crippen molar-refractivity contribution in [2.75, 3.05) is 0 Å². The van der Waals surface area contributed by atoms with Gasteiger partial charge in [0.25, 0.3) is 0 Å². The molecule has 0 saturated carbocycles. The summed E-state index contributed by atoms with van der Waals surface area (Å²) in [4.78, 5) is 7.32. The summed E-state index contributed by atoms with van der Waals surface area (Å²) in [5, 5.41) is 3.87. The molecule has 0 aliphatic rings. The van der Waals surface area contributed by atoms with Crippen LogP contribution in [-0.4, -0.2) is 9.97 Å². The molecule has 0 saturated heterocycles. The predicted octanol–water partition coefficient (Wildman–Crippen LogP) is 4.66. The first-order valence-corrected chi connectivity index (χ1v) is 7.18. The molecule has 0 aliphatic carbocycles. The lowest BCUT2D eigenvalue weighted by Crippen LogP contribution is -2.25. The van der Waals surface area contributed by atoms with Crippen LogP contribution in [0.15, 0.2) is 24.5 Å². The van der Waals surface area contributed by atoms with Gasteiger partial charge in [-0.05, 0) is 31.0 Å². The summed E-state index contributed by atoms with van der Waals surface area (Å²) in [7, 11) is 0. The highest BCUT2D eigenvalue weighted by atomic mass is 35.5. The minimum absolute atomic E-state index is 0.0315. The maximum absolute atomic E-state index is 13.6. The van der Waals surface area contributed by atoms with Crippen molar-refractivity contribution in [2.24, 2.45) is 0 Å². The Morgan fingerprint density at radius 3 is 2.70 bits per heavy atom. The molecule has 0 aliphatic heterocycles. The van der Waals surface area contributed by atoms with Crippen LogP contribution in [-0.2, 0) is 0 Å². The number of hydrogen-bond donors (Lipinski definition) is 2. The van der Waals surface area contributed by atoms with Gasteiger partial charge < -0.3 is 10.3 Å². The van der Waals surface area contributed by atoms with Gasteiger partial charge in [-0.15, -0.1) is 0 Å². The van der Waals surface area contributed by atoms with E-state index < -0.39 is 5.82 Å². The van der Waals surface area contributed by atoms with Crippen molar-refractivity contribution in [3.63, 3.8) is 0 Å². The average molecular weight is 316 g/mol. The molecule has 2 atom stereocenters. The van der Waals surface area contributed by atoms with Crippen molar-refractivity contribution in [3.05, 3.63) is 51.8 Å². The highest BCUT2D eigenvalue weighted by molar-refractivity contribution is 6.35. The van der Waals surface area contributed by atoms with Gasteiger partial charge in [-0.1, -0.05) is 30.1 Å². The number of imidazole rings is 1. The van der Waals surface area contributed by atoms with E-state index in [1.54, 1.807) is 12.4 Å². The molecule has 0 amide bonds. The summed E-state index contributed by atoms with van der Waals surface area (Å²) < 4.78 is 13.6. The molecular formula is C14H16Cl2FN3. The average Bonchev–Trinajstić information content (AvgIpc) is 2.93. The van der Waals surface area contributed by atoms with E-state index in [0.29, 0.717) is 10.6 Å². The molecule has 0 spiro atoms. The molecule has 2 aromatic rings. The molecule has 2 rings (SSSR count). The molecule has 20 heavy (non-hydrogen) atoms. The SMILES string of the molecule is CCC(NC(C)c1cc(F)c(Cl)cc1Cl)c1ncc[nH]1. The Balaban J connectivity index is 2.19. The number of rotatable bonds is 5. The van der Waals surface area contributed by atoms with Crippen LogP contribution in [0.3, 0.4) is 0 Å². The summed E-state index contributed by atoms with van der Waals surface area (Å²) in [5.74, 6) is 0.385. The molecule has 3 nitrogen and oxygen atoms in total. The Morgan fingerprint density at radius 1 is 1.35 bits per heavy atom. The highest BCUT2D eigenvalue weighted by Crippen LogP contribution is 2.30. The van der Waals surface area contributed by atoms with Gasteiger partial charge in [0.05, 0.1) is 11.1 Å². The van der Waals surface area contributed by atoms with E-state index in [2.05, 4.69) is 22.2 Å². The maximum Gasteiger partial charge on any atom is 0.142 e. The zero-order valence-corrected chi connectivity index (χ0v) is 12.8. The predicted molar refractivity (Wildman–Crippen MR) is 79.6 cm³/mol. The summed E-state index contributed by atoms with van der Waals surface area (Å²) in [6.45, 7) is 3.98. The van der Waals surface area contributed by atoms with E-state index in [-0.39, 0.29) is 17.1 Å². The van der Waals surface area contributed by atoms with Crippen LogP contribution >= 0.6 is 23.2 Å². The van der Waals surface area contributed by atoms with Crippen molar-refractivity contribution in [1.29, 1.82) is 0 Å². The third-order valence-electron chi connectivity index (χ3n) is 3.21. The van der Waals surface area contributed by atoms with E-state index >= 15 is 0 Å². The number of nitrogens with zero attached hydrogens (tertiary/aromatic N) is 1. The monoisotopic (exact) mass is 315 g/mol. The number of H-pyrrole nitrogens is 1. The summed E-state index contributed by atoms with van der Waals surface area (Å²) >= 11 is 11.8. The lowest BCUT2D eigenvalue weighted by molar-refractivity contribution is 0.440. The normalized spacial score (nSPS) is 14.2. The van der Waals surface area contributed by atoms with Crippen molar-refractivity contribution in [2.45, 2.75) is 32.4 Å². The standard InChI is InChI=1S/C14H16Cl2FN3/c1-3-13(14-18-4-5-19-14)20-8(2)9-6-12(17)11(16)7-10(9)15/h4-8,13,20H,3H2,1-2H3,(H,18,19). The van der Waals surface area contributed by atoms with Crippen LogP contribution in [0.2, 0.25) is 10.0 Å². The second-order valence-electron chi connectivity index (χ2n) is 4.61. The number of benzene rings is 1. The minimum Gasteiger partial charge on any atom is -0.347 e. The number of nitrogens with one attached hydrogen (secondary N) is 2. The molecule has 0 bridgehead atoms. The third kappa shape index (κ3) is 3.32. The van der Waals surface area contributed by atoms with Crippen molar-refractivity contribution in [3.8, 4) is 0 Å². The fraction of sp³-hybridized carbons (Fsp3) is 0.357. The van der Waals surface area contributed by atoms with E-state index in [1.165, 1.54) is 12.1 Å². The fourth-order valence-corrected chi connectivity index (χ4v) is 2.67. The Bertz CT molecular complexity index is 572. The Labute approximate surface area is 127 Å². The van der Waals surface area contributed by atoms with Gasteiger partial charge in [-0.2, -0.15) is 0 Å². The van der Waals surface area contributed by atoms with E-state index in [0.717, 1.165) is 12.2 Å². The maximum atomic E-state index is 13.6. The summed E-state index contributed by atoms with van der Waals surface area (Å²) in [6, 6.07) is 2.73. The molecule has 0 fully saturated rings. The van der Waals surface area contributed by atoms with Crippen molar-refractivity contribution in [1.82, 2.24) is 15.3 Å². The largest absolute Gasteiger partial charge is 0.347 e. The molecular weight excluding hydrogens is 300 g/mol.